The lowest BCUT2D eigenvalue weighted by molar-refractivity contribution is 0.186. The minimum atomic E-state index is -0.279. The topological polar surface area (TPSA) is 57.2 Å². The molecule has 0 saturated heterocycles. The second kappa shape index (κ2) is 6.70. The van der Waals surface area contributed by atoms with Gasteiger partial charge in [0.25, 0.3) is 5.56 Å². The minimum Gasteiger partial charge on any atom is -0.383 e. The Hall–Kier alpha value is -1.91. The third-order valence-electron chi connectivity index (χ3n) is 3.56. The van der Waals surface area contributed by atoms with Crippen molar-refractivity contribution in [2.24, 2.45) is 5.73 Å². The monoisotopic (exact) mass is 286 g/mol. The summed E-state index contributed by atoms with van der Waals surface area (Å²) in [6.45, 7) is 4.87. The zero-order chi connectivity index (χ0) is 15.4. The molecule has 1 unspecified atom stereocenters. The van der Waals surface area contributed by atoms with Crippen molar-refractivity contribution in [3.8, 4) is 11.3 Å². The fraction of sp³-hybridized carbons (Fsp3) is 0.353. The molecule has 1 heterocycles. The predicted octanol–water partition coefficient (Wildman–Crippen LogP) is 2.49. The van der Waals surface area contributed by atoms with Gasteiger partial charge in [0.05, 0.1) is 12.3 Å². The van der Waals surface area contributed by atoms with Gasteiger partial charge in [0.2, 0.25) is 0 Å². The van der Waals surface area contributed by atoms with Crippen molar-refractivity contribution in [1.29, 1.82) is 0 Å². The van der Waals surface area contributed by atoms with Gasteiger partial charge in [0.15, 0.2) is 0 Å². The number of benzene rings is 1. The third kappa shape index (κ3) is 3.40. The third-order valence-corrected chi connectivity index (χ3v) is 3.56. The molecule has 0 fully saturated rings. The number of nitrogens with zero attached hydrogens (tertiary/aromatic N) is 1. The maximum Gasteiger partial charge on any atom is 0.255 e. The van der Waals surface area contributed by atoms with E-state index < -0.39 is 0 Å². The standard InChI is InChI=1S/C17H22N2O2/c1-12-4-6-14(7-5-12)16-9-8-15(13(2)18)17(20)19(16)10-11-21-3/h4-9,13H,10-11,18H2,1-3H3. The predicted molar refractivity (Wildman–Crippen MR) is 85.4 cm³/mol. The highest BCUT2D eigenvalue weighted by Gasteiger charge is 2.12. The van der Waals surface area contributed by atoms with Gasteiger partial charge in [0, 0.05) is 25.3 Å². The Balaban J connectivity index is 2.56. The van der Waals surface area contributed by atoms with Gasteiger partial charge in [-0.2, -0.15) is 0 Å². The zero-order valence-electron chi connectivity index (χ0n) is 12.8. The van der Waals surface area contributed by atoms with Crippen LogP contribution in [0.2, 0.25) is 0 Å². The molecule has 0 aliphatic rings. The summed E-state index contributed by atoms with van der Waals surface area (Å²) in [4.78, 5) is 12.6. The van der Waals surface area contributed by atoms with Crippen LogP contribution in [0.15, 0.2) is 41.2 Å². The highest BCUT2D eigenvalue weighted by Crippen LogP contribution is 2.20. The van der Waals surface area contributed by atoms with E-state index in [2.05, 4.69) is 0 Å². The first-order valence-electron chi connectivity index (χ1n) is 7.10. The van der Waals surface area contributed by atoms with Gasteiger partial charge in [-0.05, 0) is 31.5 Å². The molecule has 0 aliphatic heterocycles. The molecule has 1 aromatic carbocycles. The maximum atomic E-state index is 12.6. The number of rotatable bonds is 5. The summed E-state index contributed by atoms with van der Waals surface area (Å²) in [5, 5.41) is 0. The molecule has 21 heavy (non-hydrogen) atoms. The zero-order valence-corrected chi connectivity index (χ0v) is 12.8. The van der Waals surface area contributed by atoms with E-state index in [1.165, 1.54) is 5.56 Å². The van der Waals surface area contributed by atoms with Crippen LogP contribution in [-0.4, -0.2) is 18.3 Å². The molecule has 112 valence electrons. The SMILES string of the molecule is COCCn1c(-c2ccc(C)cc2)ccc(C(C)N)c1=O. The van der Waals surface area contributed by atoms with Gasteiger partial charge >= 0.3 is 0 Å². The number of aromatic nitrogens is 1. The fourth-order valence-corrected chi connectivity index (χ4v) is 2.32. The Morgan fingerprint density at radius 3 is 2.43 bits per heavy atom. The molecule has 4 heteroatoms. The Morgan fingerprint density at radius 2 is 1.86 bits per heavy atom. The lowest BCUT2D eigenvalue weighted by atomic mass is 10.1. The molecule has 1 atom stereocenters. The van der Waals surface area contributed by atoms with Crippen LogP contribution >= 0.6 is 0 Å². The van der Waals surface area contributed by atoms with Crippen molar-refractivity contribution in [2.75, 3.05) is 13.7 Å². The fourth-order valence-electron chi connectivity index (χ4n) is 2.32. The second-order valence-corrected chi connectivity index (χ2v) is 5.28. The van der Waals surface area contributed by atoms with Crippen LogP contribution < -0.4 is 11.3 Å². The van der Waals surface area contributed by atoms with Crippen molar-refractivity contribution in [2.45, 2.75) is 26.4 Å². The lowest BCUT2D eigenvalue weighted by Gasteiger charge is -2.16. The van der Waals surface area contributed by atoms with E-state index in [9.17, 15) is 4.79 Å². The van der Waals surface area contributed by atoms with Crippen molar-refractivity contribution >= 4 is 0 Å². The van der Waals surface area contributed by atoms with Crippen LogP contribution in [0.25, 0.3) is 11.3 Å². The van der Waals surface area contributed by atoms with E-state index in [1.807, 2.05) is 50.2 Å². The quantitative estimate of drug-likeness (QED) is 0.918. The van der Waals surface area contributed by atoms with Crippen LogP contribution in [0, 0.1) is 6.92 Å². The molecule has 2 N–H and O–H groups in total. The molecule has 0 bridgehead atoms. The van der Waals surface area contributed by atoms with Crippen molar-refractivity contribution in [1.82, 2.24) is 4.57 Å². The minimum absolute atomic E-state index is 0.0416. The van der Waals surface area contributed by atoms with Crippen LogP contribution in [0.5, 0.6) is 0 Å². The number of hydrogen-bond acceptors (Lipinski definition) is 3. The average Bonchev–Trinajstić information content (AvgIpc) is 2.46. The second-order valence-electron chi connectivity index (χ2n) is 5.28. The first-order chi connectivity index (χ1) is 10.0. The van der Waals surface area contributed by atoms with Crippen LogP contribution in [0.4, 0.5) is 0 Å². The number of pyridine rings is 1. The molecule has 0 amide bonds. The van der Waals surface area contributed by atoms with Crippen LogP contribution in [-0.2, 0) is 11.3 Å². The molecule has 0 radical (unpaired) electrons. The molecule has 2 rings (SSSR count). The molecule has 2 aromatic rings. The maximum absolute atomic E-state index is 12.6. The van der Waals surface area contributed by atoms with E-state index in [0.717, 1.165) is 11.3 Å². The number of aryl methyl sites for hydroxylation is 1. The van der Waals surface area contributed by atoms with Gasteiger partial charge in [-0.15, -0.1) is 0 Å². The Labute approximate surface area is 125 Å². The normalized spacial score (nSPS) is 12.4. The van der Waals surface area contributed by atoms with Gasteiger partial charge in [-0.3, -0.25) is 4.79 Å². The molecular formula is C17H22N2O2. The summed E-state index contributed by atoms with van der Waals surface area (Å²) in [7, 11) is 1.63. The summed E-state index contributed by atoms with van der Waals surface area (Å²) in [5.41, 5.74) is 9.56. The smallest absolute Gasteiger partial charge is 0.255 e. The van der Waals surface area contributed by atoms with Crippen molar-refractivity contribution in [3.05, 3.63) is 57.9 Å². The largest absolute Gasteiger partial charge is 0.383 e. The van der Waals surface area contributed by atoms with Gasteiger partial charge in [-0.1, -0.05) is 29.8 Å². The summed E-state index contributed by atoms with van der Waals surface area (Å²) in [6.07, 6.45) is 0. The molecule has 0 saturated carbocycles. The summed E-state index contributed by atoms with van der Waals surface area (Å²) in [6, 6.07) is 11.6. The number of nitrogens with two attached hydrogens (primary N) is 1. The first kappa shape index (κ1) is 15.5. The molecule has 0 spiro atoms. The van der Waals surface area contributed by atoms with E-state index in [0.29, 0.717) is 18.7 Å². The summed E-state index contributed by atoms with van der Waals surface area (Å²) in [5.74, 6) is 0. The van der Waals surface area contributed by atoms with E-state index in [-0.39, 0.29) is 11.6 Å². The van der Waals surface area contributed by atoms with Crippen molar-refractivity contribution in [3.63, 3.8) is 0 Å². The Bertz CT molecular complexity index is 657. The number of hydrogen-bond donors (Lipinski definition) is 1. The molecule has 4 nitrogen and oxygen atoms in total. The average molecular weight is 286 g/mol. The van der Waals surface area contributed by atoms with Gasteiger partial charge in [0.1, 0.15) is 0 Å². The number of ether oxygens (including phenoxy) is 1. The van der Waals surface area contributed by atoms with Gasteiger partial charge in [-0.25, -0.2) is 0 Å². The first-order valence-corrected chi connectivity index (χ1v) is 7.10. The van der Waals surface area contributed by atoms with Crippen LogP contribution in [0.1, 0.15) is 24.1 Å². The van der Waals surface area contributed by atoms with Gasteiger partial charge < -0.3 is 15.0 Å². The lowest BCUT2D eigenvalue weighted by Crippen LogP contribution is -2.29. The Kier molecular flexibility index (Phi) is 4.94. The van der Waals surface area contributed by atoms with E-state index >= 15 is 0 Å². The number of methoxy groups -OCH3 is 1. The highest BCUT2D eigenvalue weighted by molar-refractivity contribution is 5.60. The van der Waals surface area contributed by atoms with E-state index in [1.54, 1.807) is 11.7 Å². The highest BCUT2D eigenvalue weighted by atomic mass is 16.5. The molecule has 0 aliphatic carbocycles. The van der Waals surface area contributed by atoms with Crippen LogP contribution in [0.3, 0.4) is 0 Å². The van der Waals surface area contributed by atoms with E-state index in [4.69, 9.17) is 10.5 Å². The van der Waals surface area contributed by atoms with Crippen molar-refractivity contribution < 1.29 is 4.74 Å². The Morgan fingerprint density at radius 1 is 1.19 bits per heavy atom. The molecule has 1 aromatic heterocycles. The summed E-state index contributed by atoms with van der Waals surface area (Å²) < 4.78 is 6.86. The summed E-state index contributed by atoms with van der Waals surface area (Å²) >= 11 is 0. The molecular weight excluding hydrogens is 264 g/mol.